The van der Waals surface area contributed by atoms with E-state index in [9.17, 15) is 4.79 Å². The molecule has 3 aromatic rings. The van der Waals surface area contributed by atoms with Crippen molar-refractivity contribution in [2.45, 2.75) is 39.7 Å². The van der Waals surface area contributed by atoms with E-state index in [1.165, 1.54) is 42.3 Å². The molecule has 2 aliphatic rings. The lowest BCUT2D eigenvalue weighted by molar-refractivity contribution is -0.122. The molecule has 3 aromatic carbocycles. The van der Waals surface area contributed by atoms with Gasteiger partial charge in [-0.05, 0) is 98.5 Å². The molecule has 1 amide bonds. The molecule has 6 nitrogen and oxygen atoms in total. The van der Waals surface area contributed by atoms with Crippen LogP contribution in [0.2, 0.25) is 5.02 Å². The summed E-state index contributed by atoms with van der Waals surface area (Å²) in [7, 11) is 1.58. The monoisotopic (exact) mass is 575 g/mol. The van der Waals surface area contributed by atoms with Crippen LogP contribution in [0.5, 0.6) is 11.5 Å². The van der Waals surface area contributed by atoms with E-state index < -0.39 is 0 Å². The number of ether oxygens (including phenoxy) is 2. The number of rotatable bonds is 8. The summed E-state index contributed by atoms with van der Waals surface area (Å²) >= 11 is 7.99. The third-order valence-corrected chi connectivity index (χ3v) is 8.34. The van der Waals surface area contributed by atoms with Crippen molar-refractivity contribution >= 4 is 51.9 Å². The number of carbonyl (C=O) groups is 1. The molecule has 0 spiro atoms. The SMILES string of the molecule is CCN1C(=O)/C(=C/c2cc(Cl)c(OCc3ccc(C)cc3)c(OC)c2)SC1=Nc1ccc(N2CCCCC2)cc1. The molecule has 0 N–H and O–H groups in total. The first-order valence-electron chi connectivity index (χ1n) is 13.7. The van der Waals surface area contributed by atoms with Crippen LogP contribution in [-0.4, -0.2) is 42.7 Å². The van der Waals surface area contributed by atoms with E-state index in [0.717, 1.165) is 29.9 Å². The molecule has 5 rings (SSSR count). The Bertz CT molecular complexity index is 1410. The van der Waals surface area contributed by atoms with Gasteiger partial charge < -0.3 is 14.4 Å². The zero-order valence-electron chi connectivity index (χ0n) is 23.2. The minimum Gasteiger partial charge on any atom is -0.493 e. The van der Waals surface area contributed by atoms with Crippen LogP contribution >= 0.6 is 23.4 Å². The second-order valence-corrected chi connectivity index (χ2v) is 11.3. The number of anilines is 1. The lowest BCUT2D eigenvalue weighted by atomic mass is 10.1. The fourth-order valence-electron chi connectivity index (χ4n) is 4.83. The Morgan fingerprint density at radius 3 is 2.42 bits per heavy atom. The van der Waals surface area contributed by atoms with Gasteiger partial charge in [-0.25, -0.2) is 4.99 Å². The van der Waals surface area contributed by atoms with E-state index in [0.29, 0.717) is 39.7 Å². The molecule has 0 atom stereocenters. The molecule has 2 saturated heterocycles. The lowest BCUT2D eigenvalue weighted by Crippen LogP contribution is -2.29. The summed E-state index contributed by atoms with van der Waals surface area (Å²) in [5, 5.41) is 1.09. The van der Waals surface area contributed by atoms with Crippen LogP contribution in [0.15, 0.2) is 70.6 Å². The Hall–Kier alpha value is -3.42. The molecule has 0 saturated carbocycles. The minimum atomic E-state index is -0.0778. The number of nitrogens with zero attached hydrogens (tertiary/aromatic N) is 3. The average Bonchev–Trinajstić information content (AvgIpc) is 3.26. The molecule has 0 aromatic heterocycles. The first-order chi connectivity index (χ1) is 19.4. The predicted molar refractivity (Wildman–Crippen MR) is 166 cm³/mol. The van der Waals surface area contributed by atoms with Crippen molar-refractivity contribution in [2.24, 2.45) is 4.99 Å². The highest BCUT2D eigenvalue weighted by molar-refractivity contribution is 8.18. The summed E-state index contributed by atoms with van der Waals surface area (Å²) < 4.78 is 11.6. The topological polar surface area (TPSA) is 54.4 Å². The van der Waals surface area contributed by atoms with Gasteiger partial charge in [-0.15, -0.1) is 0 Å². The highest BCUT2D eigenvalue weighted by atomic mass is 35.5. The summed E-state index contributed by atoms with van der Waals surface area (Å²) in [5.74, 6) is 0.908. The lowest BCUT2D eigenvalue weighted by Gasteiger charge is -2.28. The molecule has 0 radical (unpaired) electrons. The number of thioether (sulfide) groups is 1. The van der Waals surface area contributed by atoms with Crippen molar-refractivity contribution in [3.63, 3.8) is 0 Å². The molecule has 2 fully saturated rings. The van der Waals surface area contributed by atoms with Crippen molar-refractivity contribution < 1.29 is 14.3 Å². The molecule has 0 aliphatic carbocycles. The van der Waals surface area contributed by atoms with Crippen molar-refractivity contribution in [3.05, 3.63) is 87.3 Å². The summed E-state index contributed by atoms with van der Waals surface area (Å²) in [4.78, 5) is 22.8. The second kappa shape index (κ2) is 12.8. The second-order valence-electron chi connectivity index (χ2n) is 9.93. The van der Waals surface area contributed by atoms with Gasteiger partial charge in [-0.2, -0.15) is 0 Å². The average molecular weight is 576 g/mol. The fraction of sp³-hybridized carbons (Fsp3) is 0.312. The number of amides is 1. The molecule has 2 heterocycles. The highest BCUT2D eigenvalue weighted by Gasteiger charge is 2.32. The van der Waals surface area contributed by atoms with Crippen LogP contribution in [-0.2, 0) is 11.4 Å². The normalized spacial score (nSPS) is 17.6. The van der Waals surface area contributed by atoms with E-state index in [-0.39, 0.29) is 5.91 Å². The summed E-state index contributed by atoms with van der Waals surface area (Å²) in [6.07, 6.45) is 5.62. The molecule has 8 heteroatoms. The standard InChI is InChI=1S/C32H34ClN3O3S/c1-4-36-31(37)29(40-32(36)34-25-12-14-26(15-13-25)35-16-6-5-7-17-35)20-24-18-27(33)30(28(19-24)38-3)39-21-23-10-8-22(2)9-11-23/h8-15,18-20H,4-7,16-17,21H2,1-3H3/b29-20-,34-32?. The quantitative estimate of drug-likeness (QED) is 0.256. The van der Waals surface area contributed by atoms with E-state index in [2.05, 4.69) is 17.0 Å². The summed E-state index contributed by atoms with van der Waals surface area (Å²) in [6.45, 7) is 7.11. The van der Waals surface area contributed by atoms with Crippen LogP contribution in [0, 0.1) is 6.92 Å². The number of hydrogen-bond acceptors (Lipinski definition) is 6. The fourth-order valence-corrected chi connectivity index (χ4v) is 6.16. The number of hydrogen-bond donors (Lipinski definition) is 0. The van der Waals surface area contributed by atoms with Crippen molar-refractivity contribution in [3.8, 4) is 11.5 Å². The Balaban J connectivity index is 1.34. The van der Waals surface area contributed by atoms with Crippen LogP contribution in [0.25, 0.3) is 6.08 Å². The zero-order valence-corrected chi connectivity index (χ0v) is 24.7. The zero-order chi connectivity index (χ0) is 28.1. The molecule has 0 bridgehead atoms. The molecule has 0 unspecified atom stereocenters. The number of benzene rings is 3. The molecular weight excluding hydrogens is 542 g/mol. The van der Waals surface area contributed by atoms with Gasteiger partial charge in [-0.1, -0.05) is 41.4 Å². The Labute approximate surface area is 245 Å². The van der Waals surface area contributed by atoms with E-state index >= 15 is 0 Å². The highest BCUT2D eigenvalue weighted by Crippen LogP contribution is 2.40. The van der Waals surface area contributed by atoms with Gasteiger partial charge in [0.2, 0.25) is 0 Å². The first kappa shape index (κ1) is 28.1. The maximum Gasteiger partial charge on any atom is 0.266 e. The predicted octanol–water partition coefficient (Wildman–Crippen LogP) is 7.85. The maximum atomic E-state index is 13.3. The molecule has 208 valence electrons. The number of piperidine rings is 1. The van der Waals surface area contributed by atoms with Gasteiger partial charge in [0, 0.05) is 25.3 Å². The van der Waals surface area contributed by atoms with E-state index in [1.54, 1.807) is 18.1 Å². The number of methoxy groups -OCH3 is 1. The third kappa shape index (κ3) is 6.48. The Morgan fingerprint density at radius 2 is 1.75 bits per heavy atom. The number of aliphatic imine (C=N–C) groups is 1. The molecule has 2 aliphatic heterocycles. The smallest absolute Gasteiger partial charge is 0.266 e. The number of likely N-dealkylation sites (N-methyl/N-ethyl adjacent to an activating group) is 1. The maximum absolute atomic E-state index is 13.3. The van der Waals surface area contributed by atoms with Crippen LogP contribution < -0.4 is 14.4 Å². The molecule has 40 heavy (non-hydrogen) atoms. The van der Waals surface area contributed by atoms with Gasteiger partial charge >= 0.3 is 0 Å². The van der Waals surface area contributed by atoms with Gasteiger partial charge in [0.05, 0.1) is 22.7 Å². The van der Waals surface area contributed by atoms with Gasteiger partial charge in [-0.3, -0.25) is 9.69 Å². The van der Waals surface area contributed by atoms with Gasteiger partial charge in [0.15, 0.2) is 16.7 Å². The summed E-state index contributed by atoms with van der Waals surface area (Å²) in [6, 6.07) is 20.1. The number of aryl methyl sites for hydroxylation is 1. The van der Waals surface area contributed by atoms with Gasteiger partial charge in [0.1, 0.15) is 6.61 Å². The largest absolute Gasteiger partial charge is 0.493 e. The van der Waals surface area contributed by atoms with Crippen molar-refractivity contribution in [1.29, 1.82) is 0 Å². The number of amidine groups is 1. The molecular formula is C32H34ClN3O3S. The number of carbonyl (C=O) groups excluding carboxylic acids is 1. The van der Waals surface area contributed by atoms with E-state index in [1.807, 2.05) is 62.4 Å². The van der Waals surface area contributed by atoms with Crippen molar-refractivity contribution in [1.82, 2.24) is 4.90 Å². The van der Waals surface area contributed by atoms with Crippen LogP contribution in [0.1, 0.15) is 42.9 Å². The third-order valence-electron chi connectivity index (χ3n) is 7.05. The first-order valence-corrected chi connectivity index (χ1v) is 14.9. The van der Waals surface area contributed by atoms with Crippen LogP contribution in [0.3, 0.4) is 0 Å². The van der Waals surface area contributed by atoms with Crippen molar-refractivity contribution in [2.75, 3.05) is 31.6 Å². The Kier molecular flexibility index (Phi) is 9.02. The minimum absolute atomic E-state index is 0.0778. The van der Waals surface area contributed by atoms with E-state index in [4.69, 9.17) is 26.1 Å². The van der Waals surface area contributed by atoms with Gasteiger partial charge in [0.25, 0.3) is 5.91 Å². The summed E-state index contributed by atoms with van der Waals surface area (Å²) in [5.41, 5.74) is 5.04. The number of halogens is 1. The Morgan fingerprint density at radius 1 is 1.02 bits per heavy atom. The van der Waals surface area contributed by atoms with Crippen LogP contribution in [0.4, 0.5) is 11.4 Å².